The molecule has 0 spiro atoms. The maximum Gasteiger partial charge on any atom is 0.0545 e. The number of hydrogen-bond acceptors (Lipinski definition) is 1. The van der Waals surface area contributed by atoms with E-state index in [0.717, 1.165) is 36.5 Å². The van der Waals surface area contributed by atoms with Gasteiger partial charge in [-0.15, -0.1) is 0 Å². The average molecular weight is 138 g/mol. The molecule has 3 aliphatic rings. The molecule has 0 unspecified atom stereocenters. The van der Waals surface area contributed by atoms with Gasteiger partial charge in [0.25, 0.3) is 0 Å². The first-order chi connectivity index (χ1) is 4.84. The molecule has 1 heteroatoms. The van der Waals surface area contributed by atoms with Crippen LogP contribution in [0.5, 0.6) is 0 Å². The summed E-state index contributed by atoms with van der Waals surface area (Å²) in [6, 6.07) is 0. The lowest BCUT2D eigenvalue weighted by Gasteiger charge is -2.05. The first-order valence-electron chi connectivity index (χ1n) is 4.52. The maximum absolute atomic E-state index is 9.48. The summed E-state index contributed by atoms with van der Waals surface area (Å²) in [5.41, 5.74) is 0. The standard InChI is InChI=1S/C9H14O/c10-7-1-5-3-8(5)9-4-6(9)2-7/h5-10H,1-4H2/t5-,6-,8+,9+/m0/s1. The smallest absolute Gasteiger partial charge is 0.0545 e. The van der Waals surface area contributed by atoms with Crippen molar-refractivity contribution in [3.63, 3.8) is 0 Å². The summed E-state index contributed by atoms with van der Waals surface area (Å²) in [7, 11) is 0. The van der Waals surface area contributed by atoms with Crippen LogP contribution in [0.2, 0.25) is 0 Å². The van der Waals surface area contributed by atoms with Crippen LogP contribution in [0, 0.1) is 23.7 Å². The maximum atomic E-state index is 9.48. The van der Waals surface area contributed by atoms with Crippen molar-refractivity contribution in [1.29, 1.82) is 0 Å². The van der Waals surface area contributed by atoms with Crippen molar-refractivity contribution in [2.75, 3.05) is 0 Å². The molecule has 3 fully saturated rings. The van der Waals surface area contributed by atoms with Crippen LogP contribution in [0.15, 0.2) is 0 Å². The molecule has 56 valence electrons. The van der Waals surface area contributed by atoms with Gasteiger partial charge in [0.05, 0.1) is 6.10 Å². The van der Waals surface area contributed by atoms with E-state index in [1.807, 2.05) is 0 Å². The summed E-state index contributed by atoms with van der Waals surface area (Å²) in [5.74, 6) is 3.99. The van der Waals surface area contributed by atoms with Gasteiger partial charge in [-0.3, -0.25) is 0 Å². The largest absolute Gasteiger partial charge is 0.393 e. The van der Waals surface area contributed by atoms with Crippen molar-refractivity contribution >= 4 is 0 Å². The highest BCUT2D eigenvalue weighted by Crippen LogP contribution is 2.63. The molecule has 0 aliphatic heterocycles. The van der Waals surface area contributed by atoms with Crippen LogP contribution in [0.25, 0.3) is 0 Å². The molecule has 3 saturated carbocycles. The van der Waals surface area contributed by atoms with E-state index >= 15 is 0 Å². The Morgan fingerprint density at radius 3 is 1.80 bits per heavy atom. The quantitative estimate of drug-likeness (QED) is 0.536. The van der Waals surface area contributed by atoms with Crippen LogP contribution in [0.4, 0.5) is 0 Å². The van der Waals surface area contributed by atoms with Gasteiger partial charge in [0.1, 0.15) is 0 Å². The number of rotatable bonds is 0. The molecule has 0 saturated heterocycles. The number of aliphatic hydroxyl groups excluding tert-OH is 1. The van der Waals surface area contributed by atoms with Crippen LogP contribution in [0.1, 0.15) is 25.7 Å². The lowest BCUT2D eigenvalue weighted by Crippen LogP contribution is -2.06. The minimum atomic E-state index is 0.0625. The fraction of sp³-hybridized carbons (Fsp3) is 1.00. The molecule has 0 radical (unpaired) electrons. The molecule has 0 amide bonds. The molecular weight excluding hydrogens is 124 g/mol. The average Bonchev–Trinajstić information content (AvgIpc) is 2.57. The molecule has 10 heavy (non-hydrogen) atoms. The first kappa shape index (κ1) is 5.59. The Morgan fingerprint density at radius 2 is 1.30 bits per heavy atom. The van der Waals surface area contributed by atoms with Crippen LogP contribution < -0.4 is 0 Å². The van der Waals surface area contributed by atoms with Gasteiger partial charge in [-0.2, -0.15) is 0 Å². The molecule has 0 aromatic rings. The monoisotopic (exact) mass is 138 g/mol. The van der Waals surface area contributed by atoms with Crippen molar-refractivity contribution < 1.29 is 5.11 Å². The van der Waals surface area contributed by atoms with E-state index < -0.39 is 0 Å². The highest BCUT2D eigenvalue weighted by Gasteiger charge is 2.56. The third-order valence-corrected chi connectivity index (χ3v) is 3.65. The van der Waals surface area contributed by atoms with E-state index in [0.29, 0.717) is 0 Å². The molecule has 3 rings (SSSR count). The topological polar surface area (TPSA) is 20.2 Å². The summed E-state index contributed by atoms with van der Waals surface area (Å²) >= 11 is 0. The van der Waals surface area contributed by atoms with Crippen molar-refractivity contribution in [3.05, 3.63) is 0 Å². The first-order valence-corrected chi connectivity index (χ1v) is 4.52. The van der Waals surface area contributed by atoms with Gasteiger partial charge in [-0.1, -0.05) is 0 Å². The van der Waals surface area contributed by atoms with Crippen molar-refractivity contribution in [2.24, 2.45) is 23.7 Å². The zero-order valence-corrected chi connectivity index (χ0v) is 6.16. The fourth-order valence-corrected chi connectivity index (χ4v) is 2.93. The zero-order chi connectivity index (χ0) is 6.72. The summed E-state index contributed by atoms with van der Waals surface area (Å²) in [5, 5.41) is 9.48. The molecule has 4 atom stereocenters. The Hall–Kier alpha value is -0.0400. The van der Waals surface area contributed by atoms with E-state index in [-0.39, 0.29) is 6.10 Å². The third kappa shape index (κ3) is 0.672. The molecule has 0 aromatic heterocycles. The van der Waals surface area contributed by atoms with Gasteiger partial charge < -0.3 is 5.11 Å². The van der Waals surface area contributed by atoms with E-state index in [9.17, 15) is 5.11 Å². The van der Waals surface area contributed by atoms with Gasteiger partial charge in [0, 0.05) is 0 Å². The second kappa shape index (κ2) is 1.58. The van der Waals surface area contributed by atoms with Gasteiger partial charge in [-0.25, -0.2) is 0 Å². The van der Waals surface area contributed by atoms with Crippen LogP contribution >= 0.6 is 0 Å². The van der Waals surface area contributed by atoms with Gasteiger partial charge in [-0.05, 0) is 49.4 Å². The number of hydrogen-bond donors (Lipinski definition) is 1. The third-order valence-electron chi connectivity index (χ3n) is 3.65. The Balaban J connectivity index is 1.80. The van der Waals surface area contributed by atoms with Crippen molar-refractivity contribution in [1.82, 2.24) is 0 Å². The van der Waals surface area contributed by atoms with Crippen molar-refractivity contribution in [2.45, 2.75) is 31.8 Å². The number of aliphatic hydroxyl groups is 1. The molecule has 0 bridgehead atoms. The lowest BCUT2D eigenvalue weighted by molar-refractivity contribution is 0.144. The Kier molecular flexibility index (Phi) is 0.883. The van der Waals surface area contributed by atoms with E-state index in [2.05, 4.69) is 0 Å². The van der Waals surface area contributed by atoms with E-state index in [1.165, 1.54) is 12.8 Å². The second-order valence-electron chi connectivity index (χ2n) is 4.44. The SMILES string of the molecule is OC1C[C@H]2C[C@H]2[C@@H]2C[C@@H]2C1. The molecule has 3 aliphatic carbocycles. The van der Waals surface area contributed by atoms with Crippen LogP contribution in [0.3, 0.4) is 0 Å². The zero-order valence-electron chi connectivity index (χ0n) is 6.16. The molecule has 1 N–H and O–H groups in total. The predicted molar refractivity (Wildman–Crippen MR) is 38.4 cm³/mol. The Morgan fingerprint density at radius 1 is 0.800 bits per heavy atom. The molecular formula is C9H14O. The van der Waals surface area contributed by atoms with E-state index in [1.54, 1.807) is 0 Å². The van der Waals surface area contributed by atoms with Crippen molar-refractivity contribution in [3.8, 4) is 0 Å². The summed E-state index contributed by atoms with van der Waals surface area (Å²) < 4.78 is 0. The van der Waals surface area contributed by atoms with Gasteiger partial charge in [0.15, 0.2) is 0 Å². The number of fused-ring (bicyclic) bond motifs is 3. The highest BCUT2D eigenvalue weighted by atomic mass is 16.3. The lowest BCUT2D eigenvalue weighted by atomic mass is 10.1. The molecule has 0 heterocycles. The Labute approximate surface area is 61.4 Å². The minimum Gasteiger partial charge on any atom is -0.393 e. The Bertz CT molecular complexity index is 148. The van der Waals surface area contributed by atoms with E-state index in [4.69, 9.17) is 0 Å². The summed E-state index contributed by atoms with van der Waals surface area (Å²) in [6.07, 6.45) is 5.19. The predicted octanol–water partition coefficient (Wildman–Crippen LogP) is 1.41. The van der Waals surface area contributed by atoms with Crippen LogP contribution in [-0.2, 0) is 0 Å². The second-order valence-corrected chi connectivity index (χ2v) is 4.44. The molecule has 0 aromatic carbocycles. The summed E-state index contributed by atoms with van der Waals surface area (Å²) in [4.78, 5) is 0. The van der Waals surface area contributed by atoms with Gasteiger partial charge >= 0.3 is 0 Å². The van der Waals surface area contributed by atoms with Crippen LogP contribution in [-0.4, -0.2) is 11.2 Å². The summed E-state index contributed by atoms with van der Waals surface area (Å²) in [6.45, 7) is 0. The van der Waals surface area contributed by atoms with Gasteiger partial charge in [0.2, 0.25) is 0 Å². The molecule has 1 nitrogen and oxygen atoms in total. The minimum absolute atomic E-state index is 0.0625. The normalized spacial score (nSPS) is 63.9. The highest BCUT2D eigenvalue weighted by molar-refractivity contribution is 5.05. The fourth-order valence-electron chi connectivity index (χ4n) is 2.93.